The summed E-state index contributed by atoms with van der Waals surface area (Å²) in [5.41, 5.74) is 9.39. The molecular weight excluding hydrogens is 345 g/mol. The molecule has 1 saturated heterocycles. The van der Waals surface area contributed by atoms with Gasteiger partial charge in [-0.1, -0.05) is 5.11 Å². The third-order valence-electron chi connectivity index (χ3n) is 2.92. The molecule has 0 radical (unpaired) electrons. The molecule has 1 aliphatic heterocycles. The standard InChI is InChI=1S/C11H12IN5O/c1-7-2-10(14-5-9(7)12)17-6-8(3-11(17)18)4-15-16-13/h2,5,8H,3-4,6H2,1H3. The fraction of sp³-hybridized carbons (Fsp3) is 0.455. The molecule has 0 saturated carbocycles. The van der Waals surface area contributed by atoms with Crippen LogP contribution in [0.5, 0.6) is 0 Å². The number of amides is 1. The van der Waals surface area contributed by atoms with Crippen molar-refractivity contribution in [2.24, 2.45) is 11.0 Å². The average Bonchev–Trinajstić information content (AvgIpc) is 2.71. The number of carbonyl (C=O) groups is 1. The third kappa shape index (κ3) is 2.73. The van der Waals surface area contributed by atoms with Crippen LogP contribution < -0.4 is 4.90 Å². The monoisotopic (exact) mass is 357 g/mol. The summed E-state index contributed by atoms with van der Waals surface area (Å²) in [6.45, 7) is 2.93. The minimum Gasteiger partial charge on any atom is -0.297 e. The molecule has 1 aromatic rings. The first-order valence-electron chi connectivity index (χ1n) is 5.55. The zero-order valence-corrected chi connectivity index (χ0v) is 12.0. The molecule has 0 N–H and O–H groups in total. The summed E-state index contributed by atoms with van der Waals surface area (Å²) in [5.74, 6) is 0.817. The molecule has 0 aromatic carbocycles. The van der Waals surface area contributed by atoms with E-state index in [-0.39, 0.29) is 11.8 Å². The maximum atomic E-state index is 11.9. The molecule has 0 bridgehead atoms. The molecule has 1 aromatic heterocycles. The maximum Gasteiger partial charge on any atom is 0.228 e. The topological polar surface area (TPSA) is 82.0 Å². The molecule has 1 unspecified atom stereocenters. The van der Waals surface area contributed by atoms with Crippen LogP contribution in [-0.2, 0) is 4.79 Å². The predicted octanol–water partition coefficient (Wildman–Crippen LogP) is 2.66. The molecular formula is C11H12IN5O. The van der Waals surface area contributed by atoms with Crippen LogP contribution in [-0.4, -0.2) is 24.0 Å². The lowest BCUT2D eigenvalue weighted by Gasteiger charge is -2.16. The molecule has 1 amide bonds. The zero-order chi connectivity index (χ0) is 13.1. The van der Waals surface area contributed by atoms with E-state index in [4.69, 9.17) is 5.53 Å². The highest BCUT2D eigenvalue weighted by atomic mass is 127. The SMILES string of the molecule is Cc1cc(N2CC(CN=[N+]=[N-])CC2=O)ncc1I. The highest BCUT2D eigenvalue weighted by Gasteiger charge is 2.30. The first kappa shape index (κ1) is 13.1. The Morgan fingerprint density at radius 1 is 1.72 bits per heavy atom. The Hall–Kier alpha value is -1.34. The number of aryl methyl sites for hydroxylation is 1. The number of carbonyl (C=O) groups excluding carboxylic acids is 1. The second-order valence-electron chi connectivity index (χ2n) is 4.28. The van der Waals surface area contributed by atoms with Crippen molar-refractivity contribution in [1.82, 2.24) is 4.98 Å². The first-order valence-corrected chi connectivity index (χ1v) is 6.63. The molecule has 7 heteroatoms. The van der Waals surface area contributed by atoms with Gasteiger partial charge in [0.2, 0.25) is 5.91 Å². The molecule has 1 atom stereocenters. The summed E-state index contributed by atoms with van der Waals surface area (Å²) in [5, 5.41) is 3.53. The molecule has 6 nitrogen and oxygen atoms in total. The summed E-state index contributed by atoms with van der Waals surface area (Å²) in [6.07, 6.45) is 2.19. The fourth-order valence-electron chi connectivity index (χ4n) is 1.95. The number of hydrogen-bond donors (Lipinski definition) is 0. The summed E-state index contributed by atoms with van der Waals surface area (Å²) < 4.78 is 1.08. The number of halogens is 1. The van der Waals surface area contributed by atoms with E-state index < -0.39 is 0 Å². The minimum atomic E-state index is 0.0428. The van der Waals surface area contributed by atoms with Gasteiger partial charge in [0.15, 0.2) is 0 Å². The lowest BCUT2D eigenvalue weighted by atomic mass is 10.1. The number of pyridine rings is 1. The number of aromatic nitrogens is 1. The van der Waals surface area contributed by atoms with E-state index in [1.165, 1.54) is 0 Å². The predicted molar refractivity (Wildman–Crippen MR) is 76.2 cm³/mol. The quantitative estimate of drug-likeness (QED) is 0.361. The Kier molecular flexibility index (Phi) is 4.03. The van der Waals surface area contributed by atoms with E-state index in [9.17, 15) is 4.79 Å². The van der Waals surface area contributed by atoms with Gasteiger partial charge in [0, 0.05) is 34.2 Å². The van der Waals surface area contributed by atoms with E-state index in [0.29, 0.717) is 25.3 Å². The van der Waals surface area contributed by atoms with Gasteiger partial charge in [0.05, 0.1) is 0 Å². The van der Waals surface area contributed by atoms with Crippen LogP contribution in [0.25, 0.3) is 10.4 Å². The van der Waals surface area contributed by atoms with Crippen molar-refractivity contribution in [3.63, 3.8) is 0 Å². The van der Waals surface area contributed by atoms with Gasteiger partial charge in [0.25, 0.3) is 0 Å². The molecule has 94 valence electrons. The van der Waals surface area contributed by atoms with Crippen molar-refractivity contribution < 1.29 is 4.79 Å². The number of rotatable bonds is 3. The number of hydrogen-bond acceptors (Lipinski definition) is 3. The Labute approximate surface area is 118 Å². The van der Waals surface area contributed by atoms with Crippen LogP contribution in [0, 0.1) is 16.4 Å². The van der Waals surface area contributed by atoms with Crippen LogP contribution in [0.15, 0.2) is 17.4 Å². The van der Waals surface area contributed by atoms with Gasteiger partial charge in [-0.05, 0) is 52.6 Å². The van der Waals surface area contributed by atoms with Gasteiger partial charge in [-0.25, -0.2) is 4.98 Å². The average molecular weight is 357 g/mol. The Bertz CT molecular complexity index is 526. The zero-order valence-electron chi connectivity index (χ0n) is 9.88. The fourth-order valence-corrected chi connectivity index (χ4v) is 2.24. The molecule has 1 fully saturated rings. The maximum absolute atomic E-state index is 11.9. The van der Waals surface area contributed by atoms with Gasteiger partial charge >= 0.3 is 0 Å². The summed E-state index contributed by atoms with van der Waals surface area (Å²) in [7, 11) is 0. The summed E-state index contributed by atoms with van der Waals surface area (Å²) in [4.78, 5) is 20.6. The Morgan fingerprint density at radius 2 is 2.50 bits per heavy atom. The normalized spacial score (nSPS) is 18.9. The van der Waals surface area contributed by atoms with Crippen molar-refractivity contribution in [2.45, 2.75) is 13.3 Å². The van der Waals surface area contributed by atoms with Gasteiger partial charge < -0.3 is 0 Å². The highest BCUT2D eigenvalue weighted by molar-refractivity contribution is 14.1. The smallest absolute Gasteiger partial charge is 0.228 e. The molecule has 2 rings (SSSR count). The van der Waals surface area contributed by atoms with Gasteiger partial charge in [-0.3, -0.25) is 9.69 Å². The second-order valence-corrected chi connectivity index (χ2v) is 5.44. The van der Waals surface area contributed by atoms with Crippen molar-refractivity contribution >= 4 is 34.3 Å². The van der Waals surface area contributed by atoms with Crippen LogP contribution in [0.2, 0.25) is 0 Å². The van der Waals surface area contributed by atoms with Crippen molar-refractivity contribution in [3.05, 3.63) is 31.8 Å². The van der Waals surface area contributed by atoms with Crippen molar-refractivity contribution in [2.75, 3.05) is 18.0 Å². The van der Waals surface area contributed by atoms with Crippen LogP contribution in [0.1, 0.15) is 12.0 Å². The van der Waals surface area contributed by atoms with Crippen LogP contribution >= 0.6 is 22.6 Å². The molecule has 0 aliphatic carbocycles. The Balaban J connectivity index is 2.16. The van der Waals surface area contributed by atoms with Gasteiger partial charge in [-0.2, -0.15) is 0 Å². The molecule has 2 heterocycles. The van der Waals surface area contributed by atoms with Crippen LogP contribution in [0.4, 0.5) is 5.82 Å². The van der Waals surface area contributed by atoms with Gasteiger partial charge in [-0.15, -0.1) is 0 Å². The lowest BCUT2D eigenvalue weighted by Crippen LogP contribution is -2.25. The minimum absolute atomic E-state index is 0.0428. The van der Waals surface area contributed by atoms with Crippen molar-refractivity contribution in [3.8, 4) is 0 Å². The van der Waals surface area contributed by atoms with E-state index in [1.54, 1.807) is 11.1 Å². The first-order chi connectivity index (χ1) is 8.61. The number of azide groups is 1. The second kappa shape index (κ2) is 5.53. The summed E-state index contributed by atoms with van der Waals surface area (Å²) in [6, 6.07) is 1.91. The third-order valence-corrected chi connectivity index (χ3v) is 4.05. The largest absolute Gasteiger partial charge is 0.297 e. The van der Waals surface area contributed by atoms with E-state index in [0.717, 1.165) is 9.13 Å². The molecule has 18 heavy (non-hydrogen) atoms. The van der Waals surface area contributed by atoms with Crippen molar-refractivity contribution in [1.29, 1.82) is 0 Å². The van der Waals surface area contributed by atoms with E-state index in [1.807, 2.05) is 13.0 Å². The van der Waals surface area contributed by atoms with E-state index >= 15 is 0 Å². The lowest BCUT2D eigenvalue weighted by molar-refractivity contribution is -0.117. The Morgan fingerprint density at radius 3 is 3.17 bits per heavy atom. The number of anilines is 1. The highest BCUT2D eigenvalue weighted by Crippen LogP contribution is 2.25. The molecule has 1 aliphatic rings. The molecule has 0 spiro atoms. The van der Waals surface area contributed by atoms with Gasteiger partial charge in [0.1, 0.15) is 5.82 Å². The van der Waals surface area contributed by atoms with Crippen LogP contribution in [0.3, 0.4) is 0 Å². The number of nitrogens with zero attached hydrogens (tertiary/aromatic N) is 5. The van der Waals surface area contributed by atoms with E-state index in [2.05, 4.69) is 37.6 Å². The summed E-state index contributed by atoms with van der Waals surface area (Å²) >= 11 is 2.21.